The average Bonchev–Trinajstić information content (AvgIpc) is 2.70. The van der Waals surface area contributed by atoms with Gasteiger partial charge in [-0.25, -0.2) is 0 Å². The van der Waals surface area contributed by atoms with Crippen LogP contribution in [0, 0.1) is 11.7 Å². The number of nitrogens with one attached hydrogen (secondary N) is 1. The number of H-pyrrole nitrogens is 1. The number of aromatic hydroxyl groups is 1. The van der Waals surface area contributed by atoms with E-state index in [9.17, 15) is 5.11 Å². The van der Waals surface area contributed by atoms with Crippen LogP contribution in [0.2, 0.25) is 0 Å². The number of benzene rings is 1. The fourth-order valence-corrected chi connectivity index (χ4v) is 2.15. The Morgan fingerprint density at radius 1 is 1.58 bits per heavy atom. The number of phenols is 1. The summed E-state index contributed by atoms with van der Waals surface area (Å²) < 4.78 is 7.68. The molecule has 0 saturated carbocycles. The Kier molecular flexibility index (Phi) is 4.01. The Hall–Kier alpha value is -1.67. The van der Waals surface area contributed by atoms with E-state index in [2.05, 4.69) is 31.2 Å². The first-order valence-electron chi connectivity index (χ1n) is 5.28. The van der Waals surface area contributed by atoms with Gasteiger partial charge in [-0.1, -0.05) is 15.9 Å². The van der Waals surface area contributed by atoms with Gasteiger partial charge in [-0.2, -0.15) is 14.9 Å². The minimum atomic E-state index is 0.0158. The van der Waals surface area contributed by atoms with Crippen molar-refractivity contribution in [2.75, 3.05) is 7.11 Å². The van der Waals surface area contributed by atoms with Gasteiger partial charge >= 0.3 is 0 Å². The average molecular weight is 343 g/mol. The summed E-state index contributed by atoms with van der Waals surface area (Å²) in [5.41, 5.74) is 0.508. The predicted molar refractivity (Wildman–Crippen MR) is 77.5 cm³/mol. The lowest BCUT2D eigenvalue weighted by Crippen LogP contribution is -1.95. The van der Waals surface area contributed by atoms with Crippen molar-refractivity contribution in [3.8, 4) is 11.5 Å². The second-order valence-corrected chi connectivity index (χ2v) is 4.98. The molecule has 0 aliphatic heterocycles. The number of halogens is 1. The molecule has 0 aliphatic carbocycles. The minimum absolute atomic E-state index is 0.0158. The van der Waals surface area contributed by atoms with Crippen LogP contribution in [0.1, 0.15) is 11.4 Å². The normalized spacial score (nSPS) is 11.1. The maximum Gasteiger partial charge on any atom is 0.216 e. The van der Waals surface area contributed by atoms with E-state index in [1.54, 1.807) is 19.1 Å². The number of phenolic OH excluding ortho intramolecular Hbond substituents is 1. The summed E-state index contributed by atoms with van der Waals surface area (Å²) in [5, 5.41) is 20.7. The lowest BCUT2D eigenvalue weighted by atomic mass is 10.2. The quantitative estimate of drug-likeness (QED) is 0.664. The van der Waals surface area contributed by atoms with Gasteiger partial charge in [0.15, 0.2) is 11.5 Å². The number of rotatable bonds is 3. The van der Waals surface area contributed by atoms with Crippen LogP contribution in [-0.4, -0.2) is 33.3 Å². The molecule has 0 saturated heterocycles. The van der Waals surface area contributed by atoms with Crippen molar-refractivity contribution in [1.29, 1.82) is 0 Å². The summed E-state index contributed by atoms with van der Waals surface area (Å²) in [7, 11) is 1.48. The predicted octanol–water partition coefficient (Wildman–Crippen LogP) is 2.61. The van der Waals surface area contributed by atoms with Crippen LogP contribution in [0.15, 0.2) is 21.7 Å². The lowest BCUT2D eigenvalue weighted by molar-refractivity contribution is 0.373. The lowest BCUT2D eigenvalue weighted by Gasteiger charge is -2.06. The number of nitrogens with zero attached hydrogens (tertiary/aromatic N) is 3. The highest BCUT2D eigenvalue weighted by atomic mass is 79.9. The Morgan fingerprint density at radius 2 is 2.32 bits per heavy atom. The number of aromatic amines is 1. The molecule has 2 N–H and O–H groups in total. The third kappa shape index (κ3) is 2.85. The van der Waals surface area contributed by atoms with Gasteiger partial charge in [0.2, 0.25) is 4.77 Å². The van der Waals surface area contributed by atoms with E-state index in [0.717, 1.165) is 4.47 Å². The number of hydrogen-bond donors (Lipinski definition) is 2. The van der Waals surface area contributed by atoms with Crippen LogP contribution in [0.4, 0.5) is 0 Å². The molecule has 100 valence electrons. The zero-order valence-corrected chi connectivity index (χ0v) is 12.6. The second kappa shape index (κ2) is 5.54. The zero-order valence-electron chi connectivity index (χ0n) is 10.2. The van der Waals surface area contributed by atoms with E-state index < -0.39 is 0 Å². The molecule has 1 heterocycles. The zero-order chi connectivity index (χ0) is 14.0. The van der Waals surface area contributed by atoms with Crippen LogP contribution >= 0.6 is 28.1 Å². The van der Waals surface area contributed by atoms with Gasteiger partial charge in [0.1, 0.15) is 5.82 Å². The largest absolute Gasteiger partial charge is 0.504 e. The summed E-state index contributed by atoms with van der Waals surface area (Å²) >= 11 is 8.37. The van der Waals surface area contributed by atoms with Gasteiger partial charge in [-0.3, -0.25) is 5.10 Å². The number of aryl methyl sites for hydroxylation is 1. The number of aromatic nitrogens is 3. The van der Waals surface area contributed by atoms with Gasteiger partial charge < -0.3 is 9.84 Å². The Bertz CT molecular complexity index is 692. The molecule has 1 aromatic carbocycles. The van der Waals surface area contributed by atoms with Crippen molar-refractivity contribution in [2.45, 2.75) is 6.92 Å². The monoisotopic (exact) mass is 342 g/mol. The van der Waals surface area contributed by atoms with Gasteiger partial charge in [0, 0.05) is 10.0 Å². The number of methoxy groups -OCH3 is 1. The van der Waals surface area contributed by atoms with Crippen molar-refractivity contribution in [2.24, 2.45) is 5.10 Å². The molecule has 0 unspecified atom stereocenters. The van der Waals surface area contributed by atoms with Crippen molar-refractivity contribution >= 4 is 34.4 Å². The second-order valence-electron chi connectivity index (χ2n) is 3.68. The van der Waals surface area contributed by atoms with Gasteiger partial charge in [-0.05, 0) is 31.3 Å². The third-order valence-electron chi connectivity index (χ3n) is 2.41. The van der Waals surface area contributed by atoms with Crippen LogP contribution in [0.25, 0.3) is 0 Å². The molecule has 0 amide bonds. The first-order valence-corrected chi connectivity index (χ1v) is 6.48. The molecule has 0 bridgehead atoms. The first-order chi connectivity index (χ1) is 9.02. The molecule has 0 radical (unpaired) electrons. The SMILES string of the molecule is COc1cc(Br)cc(/C=N/n2c(C)n[nH]c2=S)c1O. The topological polar surface area (TPSA) is 75.4 Å². The maximum atomic E-state index is 9.98. The standard InChI is InChI=1S/C11H11BrN4O2S/c1-6-14-15-11(19)16(6)13-5-7-3-8(12)4-9(18-2)10(7)17/h3-5,17H,1-2H3,(H,15,19)/b13-5+. The smallest absolute Gasteiger partial charge is 0.216 e. The Morgan fingerprint density at radius 3 is 2.89 bits per heavy atom. The van der Waals surface area contributed by atoms with E-state index >= 15 is 0 Å². The van der Waals surface area contributed by atoms with Crippen LogP contribution < -0.4 is 4.74 Å². The molecule has 2 aromatic rings. The third-order valence-corrected chi connectivity index (χ3v) is 3.14. The van der Waals surface area contributed by atoms with E-state index in [1.807, 2.05) is 0 Å². The van der Waals surface area contributed by atoms with E-state index in [-0.39, 0.29) is 5.75 Å². The van der Waals surface area contributed by atoms with Crippen LogP contribution in [0.3, 0.4) is 0 Å². The van der Waals surface area contributed by atoms with Crippen molar-refractivity contribution in [3.05, 3.63) is 32.8 Å². The molecule has 0 aliphatic rings. The van der Waals surface area contributed by atoms with Gasteiger partial charge in [0.05, 0.1) is 13.3 Å². The van der Waals surface area contributed by atoms with Crippen molar-refractivity contribution < 1.29 is 9.84 Å². The summed E-state index contributed by atoms with van der Waals surface area (Å²) in [6.07, 6.45) is 1.49. The molecular weight excluding hydrogens is 332 g/mol. The van der Waals surface area contributed by atoms with Crippen molar-refractivity contribution in [3.63, 3.8) is 0 Å². The summed E-state index contributed by atoms with van der Waals surface area (Å²) in [6, 6.07) is 3.39. The van der Waals surface area contributed by atoms with E-state index in [1.165, 1.54) is 18.0 Å². The summed E-state index contributed by atoms with van der Waals surface area (Å²) in [5.74, 6) is 1.01. The molecule has 19 heavy (non-hydrogen) atoms. The molecule has 0 spiro atoms. The highest BCUT2D eigenvalue weighted by Crippen LogP contribution is 2.32. The highest BCUT2D eigenvalue weighted by molar-refractivity contribution is 9.10. The van der Waals surface area contributed by atoms with Crippen molar-refractivity contribution in [1.82, 2.24) is 14.9 Å². The highest BCUT2D eigenvalue weighted by Gasteiger charge is 2.08. The fourth-order valence-electron chi connectivity index (χ4n) is 1.47. The Balaban J connectivity index is 2.44. The maximum absolute atomic E-state index is 9.98. The molecule has 0 atom stereocenters. The molecular formula is C11H11BrN4O2S. The minimum Gasteiger partial charge on any atom is -0.504 e. The van der Waals surface area contributed by atoms with Crippen LogP contribution in [0.5, 0.6) is 11.5 Å². The summed E-state index contributed by atoms with van der Waals surface area (Å²) in [4.78, 5) is 0. The summed E-state index contributed by atoms with van der Waals surface area (Å²) in [6.45, 7) is 1.77. The first kappa shape index (κ1) is 13.8. The number of hydrogen-bond acceptors (Lipinski definition) is 5. The van der Waals surface area contributed by atoms with Gasteiger partial charge in [0.25, 0.3) is 0 Å². The van der Waals surface area contributed by atoms with E-state index in [4.69, 9.17) is 17.0 Å². The molecule has 8 heteroatoms. The molecule has 0 fully saturated rings. The van der Waals surface area contributed by atoms with Crippen LogP contribution in [-0.2, 0) is 0 Å². The number of ether oxygens (including phenoxy) is 1. The fraction of sp³-hybridized carbons (Fsp3) is 0.182. The molecule has 2 rings (SSSR count). The van der Waals surface area contributed by atoms with E-state index in [0.29, 0.717) is 21.9 Å². The Labute approximate surface area is 122 Å². The molecule has 6 nitrogen and oxygen atoms in total. The molecule has 1 aromatic heterocycles. The van der Waals surface area contributed by atoms with Gasteiger partial charge in [-0.15, -0.1) is 0 Å².